The Labute approximate surface area is 98.1 Å². The van der Waals surface area contributed by atoms with Gasteiger partial charge < -0.3 is 4.42 Å². The van der Waals surface area contributed by atoms with Gasteiger partial charge in [0, 0.05) is 23.9 Å². The first-order valence-electron chi connectivity index (χ1n) is 5.19. The summed E-state index contributed by atoms with van der Waals surface area (Å²) in [5.74, 6) is 1.08. The van der Waals surface area contributed by atoms with Crippen molar-refractivity contribution < 1.29 is 9.21 Å². The summed E-state index contributed by atoms with van der Waals surface area (Å²) in [6.45, 7) is 1.94. The monoisotopic (exact) mass is 235 g/mol. The number of Topliss-reactive ketones (excluding diaryl/α,β-unsaturated/α-hetero) is 1. The summed E-state index contributed by atoms with van der Waals surface area (Å²) in [6.07, 6.45) is 3.27. The van der Waals surface area contributed by atoms with Crippen LogP contribution in [0.5, 0.6) is 0 Å². The summed E-state index contributed by atoms with van der Waals surface area (Å²) >= 11 is 1.55. The SMILES string of the molecule is Cc1csc(CC(=O)CCc2ccco2)n1. The molecule has 0 amide bonds. The van der Waals surface area contributed by atoms with E-state index in [2.05, 4.69) is 4.98 Å². The molecule has 0 atom stereocenters. The van der Waals surface area contributed by atoms with Gasteiger partial charge in [0.2, 0.25) is 0 Å². The highest BCUT2D eigenvalue weighted by molar-refractivity contribution is 7.09. The quantitative estimate of drug-likeness (QED) is 0.800. The molecule has 0 saturated heterocycles. The molecule has 3 nitrogen and oxygen atoms in total. The molecule has 16 heavy (non-hydrogen) atoms. The van der Waals surface area contributed by atoms with E-state index in [-0.39, 0.29) is 5.78 Å². The zero-order valence-corrected chi connectivity index (χ0v) is 9.92. The van der Waals surface area contributed by atoms with Gasteiger partial charge in [-0.25, -0.2) is 4.98 Å². The molecule has 0 aliphatic heterocycles. The molecule has 0 radical (unpaired) electrons. The number of ketones is 1. The molecule has 0 aromatic carbocycles. The number of carbonyl (C=O) groups is 1. The van der Waals surface area contributed by atoms with Gasteiger partial charge in [0.05, 0.1) is 12.7 Å². The Morgan fingerprint density at radius 2 is 2.44 bits per heavy atom. The molecule has 2 aromatic rings. The highest BCUT2D eigenvalue weighted by atomic mass is 32.1. The van der Waals surface area contributed by atoms with Crippen molar-refractivity contribution in [2.75, 3.05) is 0 Å². The summed E-state index contributed by atoms with van der Waals surface area (Å²) in [7, 11) is 0. The largest absolute Gasteiger partial charge is 0.469 e. The molecule has 2 aromatic heterocycles. The topological polar surface area (TPSA) is 43.1 Å². The van der Waals surface area contributed by atoms with Crippen molar-refractivity contribution in [3.05, 3.63) is 40.2 Å². The van der Waals surface area contributed by atoms with Crippen LogP contribution in [0.15, 0.2) is 28.2 Å². The second-order valence-corrected chi connectivity index (χ2v) is 4.62. The molecule has 2 rings (SSSR count). The Morgan fingerprint density at radius 3 is 3.06 bits per heavy atom. The third kappa shape index (κ3) is 3.03. The Kier molecular flexibility index (Phi) is 3.51. The van der Waals surface area contributed by atoms with Crippen LogP contribution in [0.2, 0.25) is 0 Å². The average molecular weight is 235 g/mol. The van der Waals surface area contributed by atoms with Gasteiger partial charge in [0.15, 0.2) is 0 Å². The molecule has 0 fully saturated rings. The smallest absolute Gasteiger partial charge is 0.140 e. The van der Waals surface area contributed by atoms with Crippen LogP contribution in [-0.2, 0) is 17.6 Å². The van der Waals surface area contributed by atoms with Gasteiger partial charge in [0.1, 0.15) is 16.6 Å². The maximum atomic E-state index is 11.6. The molecule has 0 N–H and O–H groups in total. The number of thiazole rings is 1. The lowest BCUT2D eigenvalue weighted by Crippen LogP contribution is -2.03. The summed E-state index contributed by atoms with van der Waals surface area (Å²) in [5.41, 5.74) is 0.985. The zero-order valence-electron chi connectivity index (χ0n) is 9.10. The van der Waals surface area contributed by atoms with E-state index in [9.17, 15) is 4.79 Å². The highest BCUT2D eigenvalue weighted by Gasteiger charge is 2.08. The van der Waals surface area contributed by atoms with E-state index in [1.807, 2.05) is 24.4 Å². The predicted molar refractivity (Wildman–Crippen MR) is 62.6 cm³/mol. The maximum absolute atomic E-state index is 11.6. The summed E-state index contributed by atoms with van der Waals surface area (Å²) in [5, 5.41) is 2.87. The first-order chi connectivity index (χ1) is 7.74. The first kappa shape index (κ1) is 11.1. The fourth-order valence-electron chi connectivity index (χ4n) is 1.46. The van der Waals surface area contributed by atoms with Gasteiger partial charge in [-0.3, -0.25) is 4.79 Å². The van der Waals surface area contributed by atoms with Crippen LogP contribution in [0.3, 0.4) is 0 Å². The van der Waals surface area contributed by atoms with Crippen LogP contribution in [-0.4, -0.2) is 10.8 Å². The number of nitrogens with zero attached hydrogens (tertiary/aromatic N) is 1. The standard InChI is InChI=1S/C12H13NO2S/c1-9-8-16-12(13-9)7-10(14)4-5-11-3-2-6-15-11/h2-3,6,8H,4-5,7H2,1H3. The van der Waals surface area contributed by atoms with Gasteiger partial charge >= 0.3 is 0 Å². The van der Waals surface area contributed by atoms with E-state index in [1.54, 1.807) is 17.6 Å². The first-order valence-corrected chi connectivity index (χ1v) is 6.07. The molecule has 0 aliphatic carbocycles. The molecule has 0 aliphatic rings. The molecule has 0 spiro atoms. The molecule has 0 bridgehead atoms. The van der Waals surface area contributed by atoms with E-state index in [4.69, 9.17) is 4.42 Å². The third-order valence-electron chi connectivity index (χ3n) is 2.25. The van der Waals surface area contributed by atoms with Crippen molar-refractivity contribution in [2.24, 2.45) is 0 Å². The average Bonchev–Trinajstić information content (AvgIpc) is 2.87. The lowest BCUT2D eigenvalue weighted by Gasteiger charge is -1.96. The number of aryl methyl sites for hydroxylation is 2. The van der Waals surface area contributed by atoms with Crippen LogP contribution < -0.4 is 0 Å². The van der Waals surface area contributed by atoms with E-state index in [0.29, 0.717) is 19.3 Å². The number of rotatable bonds is 5. The Hall–Kier alpha value is -1.42. The van der Waals surface area contributed by atoms with E-state index in [1.165, 1.54) is 0 Å². The molecule has 84 valence electrons. The Morgan fingerprint density at radius 1 is 1.56 bits per heavy atom. The summed E-state index contributed by atoms with van der Waals surface area (Å²) in [4.78, 5) is 15.9. The van der Waals surface area contributed by atoms with Gasteiger partial charge in [-0.05, 0) is 19.1 Å². The van der Waals surface area contributed by atoms with Crippen LogP contribution in [0.4, 0.5) is 0 Å². The summed E-state index contributed by atoms with van der Waals surface area (Å²) < 4.78 is 5.17. The number of hydrogen-bond acceptors (Lipinski definition) is 4. The third-order valence-corrected chi connectivity index (χ3v) is 3.21. The number of hydrogen-bond donors (Lipinski definition) is 0. The number of furan rings is 1. The normalized spacial score (nSPS) is 10.6. The summed E-state index contributed by atoms with van der Waals surface area (Å²) in [6, 6.07) is 3.73. The van der Waals surface area contributed by atoms with Gasteiger partial charge in [-0.15, -0.1) is 11.3 Å². The zero-order chi connectivity index (χ0) is 11.4. The van der Waals surface area contributed by atoms with Crippen molar-refractivity contribution in [3.8, 4) is 0 Å². The van der Waals surface area contributed by atoms with Crippen molar-refractivity contribution in [1.29, 1.82) is 0 Å². The van der Waals surface area contributed by atoms with Crippen LogP contribution in [0.1, 0.15) is 22.9 Å². The minimum absolute atomic E-state index is 0.214. The molecule has 2 heterocycles. The molecular formula is C12H13NO2S. The van der Waals surface area contributed by atoms with E-state index >= 15 is 0 Å². The van der Waals surface area contributed by atoms with Crippen molar-refractivity contribution >= 4 is 17.1 Å². The Balaban J connectivity index is 1.81. The van der Waals surface area contributed by atoms with Crippen molar-refractivity contribution in [3.63, 3.8) is 0 Å². The fraction of sp³-hybridized carbons (Fsp3) is 0.333. The Bertz CT molecular complexity index is 459. The molecular weight excluding hydrogens is 222 g/mol. The van der Waals surface area contributed by atoms with Gasteiger partial charge in [0.25, 0.3) is 0 Å². The van der Waals surface area contributed by atoms with Gasteiger partial charge in [-0.1, -0.05) is 0 Å². The highest BCUT2D eigenvalue weighted by Crippen LogP contribution is 2.11. The van der Waals surface area contributed by atoms with Crippen LogP contribution >= 0.6 is 11.3 Å². The molecule has 0 saturated carbocycles. The fourth-order valence-corrected chi connectivity index (χ4v) is 2.26. The second-order valence-electron chi connectivity index (χ2n) is 3.68. The molecule has 4 heteroatoms. The minimum Gasteiger partial charge on any atom is -0.469 e. The van der Waals surface area contributed by atoms with Crippen molar-refractivity contribution in [2.45, 2.75) is 26.2 Å². The number of carbonyl (C=O) groups excluding carboxylic acids is 1. The lowest BCUT2D eigenvalue weighted by atomic mass is 10.1. The molecule has 0 unspecified atom stereocenters. The predicted octanol–water partition coefficient (Wildman–Crippen LogP) is 2.79. The van der Waals surface area contributed by atoms with Crippen LogP contribution in [0, 0.1) is 6.92 Å². The number of aromatic nitrogens is 1. The van der Waals surface area contributed by atoms with Gasteiger partial charge in [-0.2, -0.15) is 0 Å². The second kappa shape index (κ2) is 5.07. The van der Waals surface area contributed by atoms with E-state index in [0.717, 1.165) is 16.5 Å². The van der Waals surface area contributed by atoms with Crippen LogP contribution in [0.25, 0.3) is 0 Å². The lowest BCUT2D eigenvalue weighted by molar-refractivity contribution is -0.118. The minimum atomic E-state index is 0.214. The van der Waals surface area contributed by atoms with E-state index < -0.39 is 0 Å². The maximum Gasteiger partial charge on any atom is 0.140 e. The van der Waals surface area contributed by atoms with Crippen molar-refractivity contribution in [1.82, 2.24) is 4.98 Å².